The molecule has 4 rings (SSSR count). The maximum absolute atomic E-state index is 13.5. The summed E-state index contributed by atoms with van der Waals surface area (Å²) < 4.78 is 15.9. The van der Waals surface area contributed by atoms with Crippen LogP contribution in [0.15, 0.2) is 33.6 Å². The summed E-state index contributed by atoms with van der Waals surface area (Å²) in [6, 6.07) is 6.23. The lowest BCUT2D eigenvalue weighted by Gasteiger charge is -2.27. The number of fused-ring (bicyclic) bond motifs is 1. The van der Waals surface area contributed by atoms with E-state index in [-0.39, 0.29) is 16.3 Å². The number of piperidine rings is 1. The molecule has 2 N–H and O–H groups in total. The van der Waals surface area contributed by atoms with E-state index in [1.54, 1.807) is 12.1 Å². The largest absolute Gasteiger partial charge is 0.506 e. The van der Waals surface area contributed by atoms with Crippen LogP contribution in [0.1, 0.15) is 40.9 Å². The Kier molecular flexibility index (Phi) is 7.05. The van der Waals surface area contributed by atoms with Gasteiger partial charge in [0.25, 0.3) is 0 Å². The predicted octanol–water partition coefficient (Wildman–Crippen LogP) is 6.42. The van der Waals surface area contributed by atoms with Gasteiger partial charge < -0.3 is 14.8 Å². The number of carbonyl (C=O) groups is 1. The first-order chi connectivity index (χ1) is 15.3. The second-order valence-corrected chi connectivity index (χ2v) is 10.3. The Morgan fingerprint density at radius 1 is 1.25 bits per heavy atom. The maximum Gasteiger partial charge on any atom is 0.338 e. The summed E-state index contributed by atoms with van der Waals surface area (Å²) in [7, 11) is 1.83. The van der Waals surface area contributed by atoms with E-state index in [1.807, 2.05) is 11.6 Å². The van der Waals surface area contributed by atoms with E-state index < -0.39 is 11.8 Å². The number of nitrogens with zero attached hydrogens (tertiary/aromatic N) is 2. The summed E-state index contributed by atoms with van der Waals surface area (Å²) in [4.78, 5) is 15.4. The molecule has 1 aliphatic rings. The molecule has 0 radical (unpaired) electrons. The topological polar surface area (TPSA) is 65.7 Å². The molecule has 0 amide bonds. The molecule has 0 unspecified atom stereocenters. The van der Waals surface area contributed by atoms with Crippen LogP contribution in [0.25, 0.3) is 10.9 Å². The summed E-state index contributed by atoms with van der Waals surface area (Å²) >= 11 is 10.7. The highest BCUT2D eigenvalue weighted by Gasteiger charge is 2.27. The molecule has 1 fully saturated rings. The number of aryl methyl sites for hydroxylation is 1. The number of hydrogen-bond donors (Lipinski definition) is 2. The van der Waals surface area contributed by atoms with E-state index in [2.05, 4.69) is 20.8 Å². The Balaban J connectivity index is 1.80. The second kappa shape index (κ2) is 9.63. The molecule has 0 bridgehead atoms. The molecule has 9 heteroatoms. The number of likely N-dealkylation sites (tertiary alicyclic amines) is 1. The number of aromatic carboxylic acids is 1. The fraction of sp³-hybridized carbons (Fsp3) is 0.348. The van der Waals surface area contributed by atoms with Crippen molar-refractivity contribution in [2.75, 3.05) is 13.1 Å². The zero-order valence-electron chi connectivity index (χ0n) is 17.5. The van der Waals surface area contributed by atoms with Gasteiger partial charge in [0.05, 0.1) is 20.6 Å². The average Bonchev–Trinajstić information content (AvgIpc) is 3.04. The van der Waals surface area contributed by atoms with Crippen molar-refractivity contribution in [1.29, 1.82) is 0 Å². The minimum atomic E-state index is -1.04. The Morgan fingerprint density at radius 2 is 1.97 bits per heavy atom. The van der Waals surface area contributed by atoms with E-state index >= 15 is 0 Å². The van der Waals surface area contributed by atoms with Gasteiger partial charge in [-0.15, -0.1) is 11.8 Å². The van der Waals surface area contributed by atoms with Gasteiger partial charge in [-0.25, -0.2) is 9.18 Å². The Morgan fingerprint density at radius 3 is 2.62 bits per heavy atom. The fourth-order valence-electron chi connectivity index (χ4n) is 4.29. The first-order valence-electron chi connectivity index (χ1n) is 10.3. The van der Waals surface area contributed by atoms with Crippen LogP contribution in [0.2, 0.25) is 5.02 Å². The van der Waals surface area contributed by atoms with Crippen molar-refractivity contribution < 1.29 is 19.4 Å². The Bertz CT molecular complexity index is 1190. The van der Waals surface area contributed by atoms with Gasteiger partial charge in [-0.2, -0.15) is 0 Å². The molecule has 1 aliphatic heterocycles. The molecule has 1 aromatic heterocycles. The molecule has 0 spiro atoms. The summed E-state index contributed by atoms with van der Waals surface area (Å²) in [5, 5.41) is 21.6. The Hall–Kier alpha value is -1.74. The van der Waals surface area contributed by atoms with Crippen LogP contribution in [0.3, 0.4) is 0 Å². The van der Waals surface area contributed by atoms with E-state index in [9.17, 15) is 19.4 Å². The van der Waals surface area contributed by atoms with Crippen molar-refractivity contribution in [3.05, 3.63) is 56.4 Å². The van der Waals surface area contributed by atoms with E-state index in [1.165, 1.54) is 30.3 Å². The standard InChI is InChI=1S/C23H23BrClFN2O3S/c1-27-18-10-15(24)22(29)14(11-28-7-3-2-4-8-28)20(18)21(23(30)31)19(27)12-32-13-5-6-17(26)16(25)9-13/h5-6,9-10,29H,2-4,7-8,11-12H2,1H3,(H,30,31). The van der Waals surface area contributed by atoms with Crippen molar-refractivity contribution in [2.45, 2.75) is 36.5 Å². The smallest absolute Gasteiger partial charge is 0.338 e. The molecule has 32 heavy (non-hydrogen) atoms. The lowest BCUT2D eigenvalue weighted by atomic mass is 10.0. The van der Waals surface area contributed by atoms with Gasteiger partial charge >= 0.3 is 5.97 Å². The fourth-order valence-corrected chi connectivity index (χ4v) is 6.00. The normalized spacial score (nSPS) is 14.9. The quantitative estimate of drug-likeness (QED) is 0.353. The van der Waals surface area contributed by atoms with Crippen LogP contribution >= 0.6 is 39.3 Å². The average molecular weight is 542 g/mol. The van der Waals surface area contributed by atoms with Gasteiger partial charge in [-0.1, -0.05) is 18.0 Å². The summed E-state index contributed by atoms with van der Waals surface area (Å²) in [6.45, 7) is 2.35. The number of thioether (sulfide) groups is 1. The van der Waals surface area contributed by atoms with E-state index in [0.717, 1.165) is 36.3 Å². The number of aromatic hydroxyl groups is 1. The van der Waals surface area contributed by atoms with Crippen LogP contribution in [0, 0.1) is 5.82 Å². The highest BCUT2D eigenvalue weighted by molar-refractivity contribution is 9.10. The molecule has 1 saturated heterocycles. The zero-order chi connectivity index (χ0) is 23.0. The molecular formula is C23H23BrClFN2O3S. The van der Waals surface area contributed by atoms with E-state index in [0.29, 0.717) is 33.4 Å². The van der Waals surface area contributed by atoms with Gasteiger partial charge in [0, 0.05) is 40.9 Å². The van der Waals surface area contributed by atoms with E-state index in [4.69, 9.17) is 11.6 Å². The lowest BCUT2D eigenvalue weighted by Crippen LogP contribution is -2.29. The molecular weight excluding hydrogens is 519 g/mol. The molecule has 2 aromatic carbocycles. The number of benzene rings is 2. The molecule has 170 valence electrons. The van der Waals surface area contributed by atoms with Crippen LogP contribution in [0.5, 0.6) is 5.75 Å². The summed E-state index contributed by atoms with van der Waals surface area (Å²) in [6.07, 6.45) is 3.39. The minimum absolute atomic E-state index is 0.0307. The Labute approximate surface area is 203 Å². The monoisotopic (exact) mass is 540 g/mol. The third-order valence-electron chi connectivity index (χ3n) is 5.95. The zero-order valence-corrected chi connectivity index (χ0v) is 20.7. The van der Waals surface area contributed by atoms with Crippen molar-refractivity contribution in [1.82, 2.24) is 9.47 Å². The number of carboxylic acid groups (broad SMARTS) is 1. The van der Waals surface area contributed by atoms with Crippen molar-refractivity contribution in [3.63, 3.8) is 0 Å². The van der Waals surface area contributed by atoms with Crippen LogP contribution in [-0.4, -0.2) is 38.7 Å². The number of phenols is 1. The van der Waals surface area contributed by atoms with Gasteiger partial charge in [-0.05, 0) is 66.1 Å². The number of rotatable bonds is 6. The van der Waals surface area contributed by atoms with Gasteiger partial charge in [0.2, 0.25) is 0 Å². The molecule has 3 aromatic rings. The second-order valence-electron chi connectivity index (χ2n) is 7.97. The molecule has 0 aliphatic carbocycles. The summed E-state index contributed by atoms with van der Waals surface area (Å²) in [5.41, 5.74) is 2.19. The van der Waals surface area contributed by atoms with Gasteiger partial charge in [0.15, 0.2) is 0 Å². The highest BCUT2D eigenvalue weighted by atomic mass is 79.9. The third-order valence-corrected chi connectivity index (χ3v) is 7.85. The number of phenolic OH excluding ortho intramolecular Hbond substituents is 1. The lowest BCUT2D eigenvalue weighted by molar-refractivity contribution is 0.0697. The van der Waals surface area contributed by atoms with Gasteiger partial charge in [0.1, 0.15) is 11.6 Å². The maximum atomic E-state index is 13.5. The van der Waals surface area contributed by atoms with Crippen molar-refractivity contribution in [3.8, 4) is 5.75 Å². The predicted molar refractivity (Wildman–Crippen MR) is 129 cm³/mol. The van der Waals surface area contributed by atoms with Crippen molar-refractivity contribution in [2.24, 2.45) is 7.05 Å². The van der Waals surface area contributed by atoms with Gasteiger partial charge in [-0.3, -0.25) is 4.90 Å². The van der Waals surface area contributed by atoms with Crippen molar-refractivity contribution >= 4 is 56.2 Å². The van der Waals surface area contributed by atoms with Crippen LogP contribution in [-0.2, 0) is 19.3 Å². The summed E-state index contributed by atoms with van der Waals surface area (Å²) in [5.74, 6) is -1.09. The SMILES string of the molecule is Cn1c(CSc2ccc(F)c(Cl)c2)c(C(=O)O)c2c(CN3CCCCC3)c(O)c(Br)cc21. The number of aromatic nitrogens is 1. The van der Waals surface area contributed by atoms with Crippen LogP contribution in [0.4, 0.5) is 4.39 Å². The number of carboxylic acids is 1. The minimum Gasteiger partial charge on any atom is -0.506 e. The third kappa shape index (κ3) is 4.51. The highest BCUT2D eigenvalue weighted by Crippen LogP contribution is 2.41. The number of halogens is 3. The molecule has 5 nitrogen and oxygen atoms in total. The molecule has 2 heterocycles. The first-order valence-corrected chi connectivity index (χ1v) is 12.5. The first kappa shape index (κ1) is 23.4. The number of hydrogen-bond acceptors (Lipinski definition) is 4. The molecule has 0 saturated carbocycles. The van der Waals surface area contributed by atoms with Crippen LogP contribution < -0.4 is 0 Å². The molecule has 0 atom stereocenters.